The number of imidazole rings is 1. The van der Waals surface area contributed by atoms with E-state index in [1.54, 1.807) is 35.0 Å². The van der Waals surface area contributed by atoms with E-state index in [2.05, 4.69) is 16.9 Å². The number of aromatic hydroxyl groups is 1. The maximum absolute atomic E-state index is 12.8. The molecule has 0 saturated carbocycles. The number of carbonyl (C=O) groups excluding carboxylic acids is 1. The second-order valence-electron chi connectivity index (χ2n) is 5.18. The molecular formula is C17H17N3O2. The number of fused-ring (bicyclic) bond motifs is 1. The molecule has 5 heteroatoms. The van der Waals surface area contributed by atoms with Gasteiger partial charge in [-0.2, -0.15) is 0 Å². The standard InChI is InChI=1S/C17H17N3O2/c1-2-3-5-14-15(20-11-4-10-18-17(20)19-14)16(22)12-6-8-13(21)9-7-12/h4,6-11,21H,2-3,5H2,1H3. The van der Waals surface area contributed by atoms with E-state index in [0.29, 0.717) is 17.0 Å². The summed E-state index contributed by atoms with van der Waals surface area (Å²) in [6.45, 7) is 2.11. The number of phenols is 1. The van der Waals surface area contributed by atoms with Gasteiger partial charge in [-0.15, -0.1) is 0 Å². The second kappa shape index (κ2) is 5.97. The third-order valence-electron chi connectivity index (χ3n) is 3.59. The van der Waals surface area contributed by atoms with Gasteiger partial charge >= 0.3 is 0 Å². The van der Waals surface area contributed by atoms with E-state index < -0.39 is 0 Å². The van der Waals surface area contributed by atoms with Gasteiger partial charge in [0.1, 0.15) is 11.4 Å². The molecule has 0 unspecified atom stereocenters. The highest BCUT2D eigenvalue weighted by Gasteiger charge is 2.20. The van der Waals surface area contributed by atoms with Crippen molar-refractivity contribution in [3.05, 3.63) is 59.7 Å². The van der Waals surface area contributed by atoms with Crippen molar-refractivity contribution in [3.63, 3.8) is 0 Å². The Morgan fingerprint density at radius 1 is 1.27 bits per heavy atom. The van der Waals surface area contributed by atoms with Gasteiger partial charge in [-0.3, -0.25) is 9.20 Å². The maximum Gasteiger partial charge on any atom is 0.234 e. The normalized spacial score (nSPS) is 11.0. The molecule has 5 nitrogen and oxygen atoms in total. The number of aromatic nitrogens is 3. The van der Waals surface area contributed by atoms with Gasteiger partial charge in [-0.25, -0.2) is 9.97 Å². The summed E-state index contributed by atoms with van der Waals surface area (Å²) in [6, 6.07) is 8.06. The molecule has 0 aliphatic rings. The summed E-state index contributed by atoms with van der Waals surface area (Å²) in [5.74, 6) is 0.574. The Bertz CT molecular complexity index is 806. The number of phenolic OH excluding ortho intramolecular Hbond substituents is 1. The van der Waals surface area contributed by atoms with Crippen LogP contribution in [0, 0.1) is 0 Å². The van der Waals surface area contributed by atoms with Gasteiger partial charge in [0, 0.05) is 18.0 Å². The Morgan fingerprint density at radius 3 is 2.77 bits per heavy atom. The predicted octanol–water partition coefficient (Wildman–Crippen LogP) is 3.01. The predicted molar refractivity (Wildman–Crippen MR) is 83.1 cm³/mol. The van der Waals surface area contributed by atoms with Crippen LogP contribution in [0.15, 0.2) is 42.7 Å². The minimum atomic E-state index is -0.105. The number of hydrogen-bond donors (Lipinski definition) is 1. The summed E-state index contributed by atoms with van der Waals surface area (Å²) in [6.07, 6.45) is 6.23. The van der Waals surface area contributed by atoms with Crippen molar-refractivity contribution in [2.75, 3.05) is 0 Å². The van der Waals surface area contributed by atoms with Crippen molar-refractivity contribution in [1.82, 2.24) is 14.4 Å². The van der Waals surface area contributed by atoms with Crippen molar-refractivity contribution in [2.45, 2.75) is 26.2 Å². The van der Waals surface area contributed by atoms with Crippen LogP contribution in [0.5, 0.6) is 5.75 Å². The quantitative estimate of drug-likeness (QED) is 0.735. The van der Waals surface area contributed by atoms with Crippen LogP contribution in [0.1, 0.15) is 41.5 Å². The molecule has 0 aliphatic heterocycles. The van der Waals surface area contributed by atoms with Crippen LogP contribution in [0.4, 0.5) is 0 Å². The molecule has 3 aromatic rings. The largest absolute Gasteiger partial charge is 0.508 e. The van der Waals surface area contributed by atoms with Crippen LogP contribution in [-0.4, -0.2) is 25.3 Å². The van der Waals surface area contributed by atoms with E-state index >= 15 is 0 Å². The van der Waals surface area contributed by atoms with Gasteiger partial charge in [-0.1, -0.05) is 13.3 Å². The van der Waals surface area contributed by atoms with Crippen LogP contribution in [0.25, 0.3) is 5.78 Å². The first-order valence-electron chi connectivity index (χ1n) is 7.36. The average molecular weight is 295 g/mol. The lowest BCUT2D eigenvalue weighted by Gasteiger charge is -2.04. The number of rotatable bonds is 5. The number of unbranched alkanes of at least 4 members (excludes halogenated alkanes) is 1. The Hall–Kier alpha value is -2.69. The molecule has 0 saturated heterocycles. The van der Waals surface area contributed by atoms with Gasteiger partial charge in [0.25, 0.3) is 0 Å². The number of nitrogens with zero attached hydrogens (tertiary/aromatic N) is 3. The highest BCUT2D eigenvalue weighted by molar-refractivity contribution is 6.09. The molecule has 0 spiro atoms. The molecule has 0 radical (unpaired) electrons. The summed E-state index contributed by atoms with van der Waals surface area (Å²) in [7, 11) is 0. The lowest BCUT2D eigenvalue weighted by atomic mass is 10.0. The lowest BCUT2D eigenvalue weighted by molar-refractivity contribution is 0.103. The molecular weight excluding hydrogens is 278 g/mol. The summed E-state index contributed by atoms with van der Waals surface area (Å²) in [4.78, 5) is 21.6. The zero-order chi connectivity index (χ0) is 15.5. The Labute approximate surface area is 128 Å². The van der Waals surface area contributed by atoms with Crippen LogP contribution >= 0.6 is 0 Å². The molecule has 2 heterocycles. The second-order valence-corrected chi connectivity index (χ2v) is 5.18. The lowest BCUT2D eigenvalue weighted by Crippen LogP contribution is -2.08. The number of ketones is 1. The van der Waals surface area contributed by atoms with Crippen LogP contribution in [0.3, 0.4) is 0 Å². The third-order valence-corrected chi connectivity index (χ3v) is 3.59. The molecule has 0 fully saturated rings. The summed E-state index contributed by atoms with van der Waals surface area (Å²) < 4.78 is 1.74. The van der Waals surface area contributed by atoms with Gasteiger partial charge in [0.05, 0.1) is 5.69 Å². The van der Waals surface area contributed by atoms with Crippen molar-refractivity contribution < 1.29 is 9.90 Å². The molecule has 0 bridgehead atoms. The smallest absolute Gasteiger partial charge is 0.234 e. The molecule has 0 amide bonds. The summed E-state index contributed by atoms with van der Waals surface area (Å²) >= 11 is 0. The number of carbonyl (C=O) groups is 1. The van der Waals surface area contributed by atoms with Crippen molar-refractivity contribution in [3.8, 4) is 5.75 Å². The topological polar surface area (TPSA) is 67.5 Å². The van der Waals surface area contributed by atoms with Gasteiger partial charge in [-0.05, 0) is 43.2 Å². The van der Waals surface area contributed by atoms with E-state index in [4.69, 9.17) is 0 Å². The molecule has 0 atom stereocenters. The first-order valence-corrected chi connectivity index (χ1v) is 7.36. The zero-order valence-electron chi connectivity index (χ0n) is 12.4. The number of aryl methyl sites for hydroxylation is 1. The van der Waals surface area contributed by atoms with Crippen LogP contribution < -0.4 is 0 Å². The number of hydrogen-bond acceptors (Lipinski definition) is 4. The van der Waals surface area contributed by atoms with Gasteiger partial charge < -0.3 is 5.11 Å². The summed E-state index contributed by atoms with van der Waals surface area (Å²) in [5.41, 5.74) is 1.86. The SMILES string of the molecule is CCCCc1nc2ncccn2c1C(=O)c1ccc(O)cc1. The van der Waals surface area contributed by atoms with Gasteiger partial charge in [0.2, 0.25) is 11.6 Å². The fraction of sp³-hybridized carbons (Fsp3) is 0.235. The molecule has 1 aromatic carbocycles. The molecule has 22 heavy (non-hydrogen) atoms. The average Bonchev–Trinajstić information content (AvgIpc) is 2.91. The third kappa shape index (κ3) is 2.57. The van der Waals surface area contributed by atoms with E-state index in [1.165, 1.54) is 12.1 Å². The van der Waals surface area contributed by atoms with Crippen molar-refractivity contribution in [1.29, 1.82) is 0 Å². The zero-order valence-corrected chi connectivity index (χ0v) is 12.4. The molecule has 112 valence electrons. The monoisotopic (exact) mass is 295 g/mol. The first kappa shape index (κ1) is 14.3. The Morgan fingerprint density at radius 2 is 2.05 bits per heavy atom. The van der Waals surface area contributed by atoms with Crippen LogP contribution in [-0.2, 0) is 6.42 Å². The van der Waals surface area contributed by atoms with E-state index in [-0.39, 0.29) is 11.5 Å². The fourth-order valence-corrected chi connectivity index (χ4v) is 2.44. The van der Waals surface area contributed by atoms with Crippen molar-refractivity contribution >= 4 is 11.6 Å². The van der Waals surface area contributed by atoms with E-state index in [1.807, 2.05) is 0 Å². The molecule has 2 aromatic heterocycles. The number of benzene rings is 1. The highest BCUT2D eigenvalue weighted by Crippen LogP contribution is 2.19. The van der Waals surface area contributed by atoms with Crippen molar-refractivity contribution in [2.24, 2.45) is 0 Å². The van der Waals surface area contributed by atoms with E-state index in [0.717, 1.165) is 25.0 Å². The fourth-order valence-electron chi connectivity index (χ4n) is 2.44. The molecule has 1 N–H and O–H groups in total. The minimum Gasteiger partial charge on any atom is -0.508 e. The first-order chi connectivity index (χ1) is 10.7. The molecule has 3 rings (SSSR count). The minimum absolute atomic E-state index is 0.105. The van der Waals surface area contributed by atoms with E-state index in [9.17, 15) is 9.90 Å². The summed E-state index contributed by atoms with van der Waals surface area (Å²) in [5, 5.41) is 9.37. The molecule has 0 aliphatic carbocycles. The Kier molecular flexibility index (Phi) is 3.87. The van der Waals surface area contributed by atoms with Crippen LogP contribution in [0.2, 0.25) is 0 Å². The van der Waals surface area contributed by atoms with Gasteiger partial charge in [0.15, 0.2) is 0 Å². The highest BCUT2D eigenvalue weighted by atomic mass is 16.3. The Balaban J connectivity index is 2.10. The maximum atomic E-state index is 12.8.